The van der Waals surface area contributed by atoms with Gasteiger partial charge >= 0.3 is 0 Å². The minimum Gasteiger partial charge on any atom is -0.0713 e. The van der Waals surface area contributed by atoms with E-state index in [4.69, 9.17) is 0 Å². The summed E-state index contributed by atoms with van der Waals surface area (Å²) in [6.07, 6.45) is 4.74. The number of allylic oxidation sites excluding steroid dienone is 4. The third-order valence-corrected chi connectivity index (χ3v) is 3.89. The first kappa shape index (κ1) is 18.3. The lowest BCUT2D eigenvalue weighted by molar-refractivity contribution is 0.545. The fourth-order valence-corrected chi connectivity index (χ4v) is 2.81. The van der Waals surface area contributed by atoms with Crippen LogP contribution in [0, 0.1) is 10.8 Å². The maximum absolute atomic E-state index is 2.37. The van der Waals surface area contributed by atoms with E-state index >= 15 is 0 Å². The molecule has 2 aromatic rings. The Hall–Kier alpha value is -2.08. The lowest BCUT2D eigenvalue weighted by Gasteiger charge is -2.25. The summed E-state index contributed by atoms with van der Waals surface area (Å²) >= 11 is 0. The Balaban J connectivity index is 2.64. The predicted octanol–water partition coefficient (Wildman–Crippen LogP) is 7.25. The van der Waals surface area contributed by atoms with E-state index in [0.29, 0.717) is 0 Å². The van der Waals surface area contributed by atoms with Crippen LogP contribution in [0.5, 0.6) is 0 Å². The first-order valence-electron chi connectivity index (χ1n) is 8.73. The quantitative estimate of drug-likeness (QED) is 0.523. The van der Waals surface area contributed by atoms with Crippen molar-refractivity contribution in [3.63, 3.8) is 0 Å². The number of rotatable bonds is 3. The Morgan fingerprint density at radius 1 is 0.667 bits per heavy atom. The van der Waals surface area contributed by atoms with Gasteiger partial charge in [-0.1, -0.05) is 114 Å². The largest absolute Gasteiger partial charge is 0.0713 e. The molecule has 0 fully saturated rings. The molecule has 24 heavy (non-hydrogen) atoms. The summed E-state index contributed by atoms with van der Waals surface area (Å²) in [4.78, 5) is 0. The lowest BCUT2D eigenvalue weighted by atomic mass is 9.79. The Kier molecular flexibility index (Phi) is 5.49. The van der Waals surface area contributed by atoms with Crippen LogP contribution < -0.4 is 0 Å². The second kappa shape index (κ2) is 7.21. The van der Waals surface area contributed by atoms with Gasteiger partial charge in [-0.05, 0) is 33.1 Å². The number of benzene rings is 2. The molecule has 0 saturated heterocycles. The summed E-state index contributed by atoms with van der Waals surface area (Å²) in [5, 5.41) is 0. The van der Waals surface area contributed by atoms with Crippen molar-refractivity contribution in [1.29, 1.82) is 0 Å². The third kappa shape index (κ3) is 5.23. The van der Waals surface area contributed by atoms with Crippen LogP contribution in [-0.4, -0.2) is 0 Å². The van der Waals surface area contributed by atoms with Gasteiger partial charge in [0.15, 0.2) is 0 Å². The van der Waals surface area contributed by atoms with Gasteiger partial charge in [0.25, 0.3) is 0 Å². The Morgan fingerprint density at radius 2 is 1.12 bits per heavy atom. The SMILES string of the molecule is CC(C)(C)/C=C(/C=C(\c1ccccc1)C(C)(C)C)c1ccccc1. The van der Waals surface area contributed by atoms with E-state index in [-0.39, 0.29) is 10.8 Å². The summed E-state index contributed by atoms with van der Waals surface area (Å²) in [5.74, 6) is 0. The van der Waals surface area contributed by atoms with Gasteiger partial charge in [-0.2, -0.15) is 0 Å². The van der Waals surface area contributed by atoms with E-state index in [9.17, 15) is 0 Å². The van der Waals surface area contributed by atoms with Crippen LogP contribution in [0.2, 0.25) is 0 Å². The van der Waals surface area contributed by atoms with Crippen LogP contribution in [0.25, 0.3) is 11.1 Å². The topological polar surface area (TPSA) is 0 Å². The van der Waals surface area contributed by atoms with Gasteiger partial charge in [0.2, 0.25) is 0 Å². The molecule has 0 radical (unpaired) electrons. The Morgan fingerprint density at radius 3 is 1.54 bits per heavy atom. The second-order valence-electron chi connectivity index (χ2n) is 8.51. The van der Waals surface area contributed by atoms with Crippen molar-refractivity contribution in [2.45, 2.75) is 41.5 Å². The fraction of sp³-hybridized carbons (Fsp3) is 0.333. The highest BCUT2D eigenvalue weighted by atomic mass is 14.2. The maximum Gasteiger partial charge on any atom is -0.0126 e. The Bertz CT molecular complexity index is 702. The van der Waals surface area contributed by atoms with Crippen molar-refractivity contribution in [2.24, 2.45) is 10.8 Å². The van der Waals surface area contributed by atoms with Crippen LogP contribution in [0.3, 0.4) is 0 Å². The molecule has 0 heteroatoms. The fourth-order valence-electron chi connectivity index (χ4n) is 2.81. The van der Waals surface area contributed by atoms with E-state index in [0.717, 1.165) is 0 Å². The molecule has 2 aromatic carbocycles. The molecule has 0 nitrogen and oxygen atoms in total. The van der Waals surface area contributed by atoms with Crippen LogP contribution >= 0.6 is 0 Å². The molecule has 0 aliphatic carbocycles. The molecule has 0 atom stereocenters. The standard InChI is InChI=1S/C24H30/c1-23(2,3)18-21(19-13-9-7-10-14-19)17-22(24(4,5)6)20-15-11-8-12-16-20/h7-18H,1-6H3/b21-18-,22-17+. The van der Waals surface area contributed by atoms with Gasteiger partial charge in [0.05, 0.1) is 0 Å². The molecule has 0 aliphatic rings. The van der Waals surface area contributed by atoms with Crippen LogP contribution in [0.15, 0.2) is 72.8 Å². The molecule has 2 rings (SSSR count). The number of hydrogen-bond acceptors (Lipinski definition) is 0. The van der Waals surface area contributed by atoms with E-state index < -0.39 is 0 Å². The molecular weight excluding hydrogens is 288 g/mol. The van der Waals surface area contributed by atoms with Gasteiger partial charge in [-0.3, -0.25) is 0 Å². The number of hydrogen-bond donors (Lipinski definition) is 0. The predicted molar refractivity (Wildman–Crippen MR) is 108 cm³/mol. The van der Waals surface area contributed by atoms with Crippen LogP contribution in [0.1, 0.15) is 52.7 Å². The first-order valence-corrected chi connectivity index (χ1v) is 8.73. The zero-order chi connectivity index (χ0) is 17.8. The highest BCUT2D eigenvalue weighted by Gasteiger charge is 2.20. The minimum absolute atomic E-state index is 0.0765. The molecule has 0 amide bonds. The molecule has 0 unspecified atom stereocenters. The minimum atomic E-state index is 0.0765. The first-order chi connectivity index (χ1) is 11.2. The van der Waals surface area contributed by atoms with Crippen molar-refractivity contribution in [1.82, 2.24) is 0 Å². The second-order valence-corrected chi connectivity index (χ2v) is 8.51. The summed E-state index contributed by atoms with van der Waals surface area (Å²) in [7, 11) is 0. The average Bonchev–Trinajstić information content (AvgIpc) is 2.51. The molecule has 0 bridgehead atoms. The normalized spacial score (nSPS) is 13.9. The Labute approximate surface area is 147 Å². The van der Waals surface area contributed by atoms with E-state index in [1.807, 2.05) is 0 Å². The van der Waals surface area contributed by atoms with Crippen molar-refractivity contribution >= 4 is 11.1 Å². The lowest BCUT2D eigenvalue weighted by Crippen LogP contribution is -2.09. The molecule has 0 saturated carbocycles. The summed E-state index contributed by atoms with van der Waals surface area (Å²) in [5.41, 5.74) is 5.42. The van der Waals surface area contributed by atoms with E-state index in [2.05, 4.69) is 114 Å². The van der Waals surface area contributed by atoms with Crippen molar-refractivity contribution < 1.29 is 0 Å². The van der Waals surface area contributed by atoms with Gasteiger partial charge in [-0.15, -0.1) is 0 Å². The molecular formula is C24H30. The molecule has 0 aliphatic heterocycles. The molecule has 0 spiro atoms. The van der Waals surface area contributed by atoms with E-state index in [1.54, 1.807) is 0 Å². The van der Waals surface area contributed by atoms with Crippen molar-refractivity contribution in [3.05, 3.63) is 83.9 Å². The van der Waals surface area contributed by atoms with Crippen LogP contribution in [-0.2, 0) is 0 Å². The van der Waals surface area contributed by atoms with Crippen LogP contribution in [0.4, 0.5) is 0 Å². The zero-order valence-electron chi connectivity index (χ0n) is 15.9. The summed E-state index contributed by atoms with van der Waals surface area (Å²) in [6.45, 7) is 13.6. The molecule has 0 N–H and O–H groups in total. The van der Waals surface area contributed by atoms with Gasteiger partial charge < -0.3 is 0 Å². The van der Waals surface area contributed by atoms with E-state index in [1.165, 1.54) is 22.3 Å². The summed E-state index contributed by atoms with van der Waals surface area (Å²) in [6, 6.07) is 21.4. The highest BCUT2D eigenvalue weighted by molar-refractivity contribution is 5.85. The average molecular weight is 319 g/mol. The monoisotopic (exact) mass is 318 g/mol. The van der Waals surface area contributed by atoms with Crippen molar-refractivity contribution in [3.8, 4) is 0 Å². The third-order valence-electron chi connectivity index (χ3n) is 3.89. The zero-order valence-corrected chi connectivity index (χ0v) is 15.9. The molecule has 0 aromatic heterocycles. The maximum atomic E-state index is 2.37. The van der Waals surface area contributed by atoms with Gasteiger partial charge in [0, 0.05) is 0 Å². The van der Waals surface area contributed by atoms with Gasteiger partial charge in [0.1, 0.15) is 0 Å². The highest BCUT2D eigenvalue weighted by Crippen LogP contribution is 2.37. The smallest absolute Gasteiger partial charge is 0.0126 e. The van der Waals surface area contributed by atoms with Gasteiger partial charge in [-0.25, -0.2) is 0 Å². The summed E-state index contributed by atoms with van der Waals surface area (Å²) < 4.78 is 0. The van der Waals surface area contributed by atoms with Crippen molar-refractivity contribution in [2.75, 3.05) is 0 Å². The molecule has 0 heterocycles. The molecule has 126 valence electrons.